The fourth-order valence-electron chi connectivity index (χ4n) is 2.76. The lowest BCUT2D eigenvalue weighted by Crippen LogP contribution is -2.41. The number of likely N-dealkylation sites (tertiary alicyclic amines) is 1. The van der Waals surface area contributed by atoms with E-state index in [4.69, 9.17) is 11.6 Å². The van der Waals surface area contributed by atoms with E-state index in [0.717, 1.165) is 24.3 Å². The molecule has 2 unspecified atom stereocenters. The summed E-state index contributed by atoms with van der Waals surface area (Å²) >= 11 is 9.98. The highest BCUT2D eigenvalue weighted by Crippen LogP contribution is 2.34. The number of aliphatic hydroxyl groups is 1. The van der Waals surface area contributed by atoms with Gasteiger partial charge in [-0.2, -0.15) is 0 Å². The van der Waals surface area contributed by atoms with Crippen molar-refractivity contribution in [2.24, 2.45) is 5.92 Å². The first-order chi connectivity index (χ1) is 10.2. The van der Waals surface area contributed by atoms with Crippen LogP contribution >= 0.6 is 38.9 Å². The highest BCUT2D eigenvalue weighted by atomic mass is 79.9. The molecule has 0 saturated carbocycles. The summed E-state index contributed by atoms with van der Waals surface area (Å²) in [4.78, 5) is 2.20. The zero-order chi connectivity index (χ0) is 16.5. The summed E-state index contributed by atoms with van der Waals surface area (Å²) in [5.74, 6) is 0.614. The van der Waals surface area contributed by atoms with Gasteiger partial charge in [-0.3, -0.25) is 4.90 Å². The van der Waals surface area contributed by atoms with Gasteiger partial charge in [0, 0.05) is 25.7 Å². The summed E-state index contributed by atoms with van der Waals surface area (Å²) < 4.78 is 27.8. The fraction of sp³-hybridized carbons (Fsp3) is 0.692. The van der Waals surface area contributed by atoms with Crippen LogP contribution < -0.4 is 4.72 Å². The number of halogens is 2. The normalized spacial score (nSPS) is 24.8. The molecular formula is C13H20BrClN2O3S2. The summed E-state index contributed by atoms with van der Waals surface area (Å²) in [6.07, 6.45) is 0.371. The van der Waals surface area contributed by atoms with Gasteiger partial charge in [0.1, 0.15) is 0 Å². The molecule has 1 saturated heterocycles. The molecule has 3 atom stereocenters. The number of nitrogens with zero attached hydrogens (tertiary/aromatic N) is 1. The lowest BCUT2D eigenvalue weighted by Gasteiger charge is -2.24. The molecule has 1 fully saturated rings. The van der Waals surface area contributed by atoms with Gasteiger partial charge in [0.2, 0.25) is 0 Å². The first-order valence-corrected chi connectivity index (χ1v) is 10.5. The van der Waals surface area contributed by atoms with E-state index in [1.807, 2.05) is 0 Å². The van der Waals surface area contributed by atoms with Crippen LogP contribution in [-0.4, -0.2) is 50.2 Å². The van der Waals surface area contributed by atoms with Crippen LogP contribution in [0.5, 0.6) is 0 Å². The molecular weight excluding hydrogens is 412 g/mol. The Morgan fingerprint density at radius 3 is 2.77 bits per heavy atom. The molecule has 1 aromatic rings. The van der Waals surface area contributed by atoms with Crippen molar-refractivity contribution in [3.8, 4) is 0 Å². The lowest BCUT2D eigenvalue weighted by atomic mass is 10.1. The quantitative estimate of drug-likeness (QED) is 0.726. The SMILES string of the molecule is CC1CC(C)N(C[C@@H](O)CNS(=O)(=O)c2sc(Cl)cc2Br)C1. The molecule has 0 amide bonds. The Kier molecular flexibility index (Phi) is 6.32. The van der Waals surface area contributed by atoms with Crippen LogP contribution in [0.15, 0.2) is 14.7 Å². The predicted octanol–water partition coefficient (Wildman–Crippen LogP) is 2.53. The van der Waals surface area contributed by atoms with E-state index in [0.29, 0.717) is 27.3 Å². The topological polar surface area (TPSA) is 69.6 Å². The monoisotopic (exact) mass is 430 g/mol. The minimum Gasteiger partial charge on any atom is -0.390 e. The maximum absolute atomic E-state index is 12.2. The van der Waals surface area contributed by atoms with E-state index in [1.54, 1.807) is 6.07 Å². The molecule has 2 heterocycles. The molecule has 126 valence electrons. The molecule has 0 aromatic carbocycles. The van der Waals surface area contributed by atoms with Gasteiger partial charge in [-0.1, -0.05) is 18.5 Å². The zero-order valence-corrected chi connectivity index (χ0v) is 16.4. The van der Waals surface area contributed by atoms with Gasteiger partial charge in [0.25, 0.3) is 10.0 Å². The Bertz CT molecular complexity index is 623. The Hall–Kier alpha value is 0.300. The molecule has 0 radical (unpaired) electrons. The third-order valence-electron chi connectivity index (χ3n) is 3.74. The minimum absolute atomic E-state index is 0.0120. The van der Waals surface area contributed by atoms with Gasteiger partial charge in [-0.05, 0) is 41.3 Å². The highest BCUT2D eigenvalue weighted by Gasteiger charge is 2.28. The van der Waals surface area contributed by atoms with Gasteiger partial charge < -0.3 is 5.11 Å². The summed E-state index contributed by atoms with van der Waals surface area (Å²) in [5, 5.41) is 10.1. The second-order valence-electron chi connectivity index (χ2n) is 5.84. The summed E-state index contributed by atoms with van der Waals surface area (Å²) in [6.45, 7) is 5.72. The van der Waals surface area contributed by atoms with Crippen LogP contribution in [0.4, 0.5) is 0 Å². The molecule has 1 aliphatic heterocycles. The van der Waals surface area contributed by atoms with E-state index in [1.165, 1.54) is 0 Å². The number of sulfonamides is 1. The smallest absolute Gasteiger partial charge is 0.251 e. The number of nitrogens with one attached hydrogen (secondary N) is 1. The molecule has 22 heavy (non-hydrogen) atoms. The van der Waals surface area contributed by atoms with Gasteiger partial charge >= 0.3 is 0 Å². The summed E-state index contributed by atoms with van der Waals surface area (Å²) in [6, 6.07) is 1.97. The van der Waals surface area contributed by atoms with Crippen molar-refractivity contribution < 1.29 is 13.5 Å². The highest BCUT2D eigenvalue weighted by molar-refractivity contribution is 9.10. The average Bonchev–Trinajstić information content (AvgIpc) is 2.90. The zero-order valence-electron chi connectivity index (χ0n) is 12.4. The van der Waals surface area contributed by atoms with Gasteiger partial charge in [-0.15, -0.1) is 11.3 Å². The van der Waals surface area contributed by atoms with Crippen LogP contribution in [0.25, 0.3) is 0 Å². The number of hydrogen-bond donors (Lipinski definition) is 2. The second kappa shape index (κ2) is 7.46. The number of aliphatic hydroxyl groups excluding tert-OH is 1. The van der Waals surface area contributed by atoms with E-state index in [-0.39, 0.29) is 10.8 Å². The van der Waals surface area contributed by atoms with Crippen LogP contribution in [0.1, 0.15) is 20.3 Å². The van der Waals surface area contributed by atoms with E-state index in [9.17, 15) is 13.5 Å². The maximum Gasteiger partial charge on any atom is 0.251 e. The Morgan fingerprint density at radius 1 is 1.59 bits per heavy atom. The van der Waals surface area contributed by atoms with Crippen molar-refractivity contribution in [3.63, 3.8) is 0 Å². The largest absolute Gasteiger partial charge is 0.390 e. The van der Waals surface area contributed by atoms with Crippen LogP contribution in [-0.2, 0) is 10.0 Å². The molecule has 2 N–H and O–H groups in total. The maximum atomic E-state index is 12.2. The minimum atomic E-state index is -3.66. The van der Waals surface area contributed by atoms with Crippen molar-refractivity contribution in [1.82, 2.24) is 9.62 Å². The number of thiophene rings is 1. The van der Waals surface area contributed by atoms with Crippen molar-refractivity contribution in [2.75, 3.05) is 19.6 Å². The third-order valence-corrected chi connectivity index (χ3v) is 8.11. The molecule has 5 nitrogen and oxygen atoms in total. The molecule has 1 aliphatic rings. The van der Waals surface area contributed by atoms with Crippen molar-refractivity contribution in [3.05, 3.63) is 14.9 Å². The predicted molar refractivity (Wildman–Crippen MR) is 93.0 cm³/mol. The van der Waals surface area contributed by atoms with Gasteiger partial charge in [0.05, 0.1) is 14.9 Å². The third kappa shape index (κ3) is 4.66. The van der Waals surface area contributed by atoms with Crippen LogP contribution in [0.3, 0.4) is 0 Å². The van der Waals surface area contributed by atoms with Crippen molar-refractivity contribution >= 4 is 48.9 Å². The molecule has 0 bridgehead atoms. The lowest BCUT2D eigenvalue weighted by molar-refractivity contribution is 0.111. The fourth-order valence-corrected chi connectivity index (χ4v) is 6.88. The number of hydrogen-bond acceptors (Lipinski definition) is 5. The first-order valence-electron chi connectivity index (χ1n) is 7.05. The van der Waals surface area contributed by atoms with E-state index < -0.39 is 16.1 Å². The summed E-state index contributed by atoms with van der Waals surface area (Å²) in [7, 11) is -3.66. The molecule has 1 aromatic heterocycles. The average molecular weight is 432 g/mol. The number of rotatable bonds is 6. The molecule has 0 aliphatic carbocycles. The summed E-state index contributed by atoms with van der Waals surface area (Å²) in [5.41, 5.74) is 0. The van der Waals surface area contributed by atoms with Crippen molar-refractivity contribution in [2.45, 2.75) is 36.6 Å². The van der Waals surface area contributed by atoms with Crippen LogP contribution in [0, 0.1) is 5.92 Å². The van der Waals surface area contributed by atoms with Crippen LogP contribution in [0.2, 0.25) is 4.34 Å². The molecule has 2 rings (SSSR count). The number of β-amino-alcohol motifs (C(OH)–C–C–N with tert-alkyl or cyclic N) is 1. The molecule has 9 heteroatoms. The van der Waals surface area contributed by atoms with E-state index in [2.05, 4.69) is 39.4 Å². The van der Waals surface area contributed by atoms with Gasteiger partial charge in [-0.25, -0.2) is 13.1 Å². The van der Waals surface area contributed by atoms with Crippen molar-refractivity contribution in [1.29, 1.82) is 0 Å². The standard InChI is InChI=1S/C13H20BrClN2O3S2/c1-8-3-9(2)17(6-8)7-10(18)5-16-22(19,20)13-11(14)4-12(15)21-13/h4,8-10,16,18H,3,5-7H2,1-2H3/t8?,9?,10-/m0/s1. The Morgan fingerprint density at radius 2 is 2.27 bits per heavy atom. The Balaban J connectivity index is 1.90. The van der Waals surface area contributed by atoms with Gasteiger partial charge in [0.15, 0.2) is 4.21 Å². The van der Waals surface area contributed by atoms with E-state index >= 15 is 0 Å². The Labute approximate surface area is 148 Å². The second-order valence-corrected chi connectivity index (χ2v) is 10.3. The first kappa shape index (κ1) is 18.6. The molecule has 0 spiro atoms.